The lowest BCUT2D eigenvalue weighted by Crippen LogP contribution is -2.22. The van der Waals surface area contributed by atoms with Crippen molar-refractivity contribution in [1.82, 2.24) is 10.3 Å². The van der Waals surface area contributed by atoms with Gasteiger partial charge in [0.25, 0.3) is 5.69 Å². The number of amides is 1. The maximum Gasteiger partial charge on any atom is 0.519 e. The standard InChI is InChI=1S/C34H32FN3O8/c1-20-27(26-11-6-23(35)16-29(26)28(20)17-32(39)37-19-21-5-4-12-36-18-21)13-22-14-30(43-2)33(31(15-22)44-3)46-34(40)45-25-9-7-24(8-10-25)38(41)42/h4-12,14,16,18,22,27H,13,15,17,19H2,1-3H3,(H,37,39). The molecular weight excluding hydrogens is 597 g/mol. The third-order valence-corrected chi connectivity index (χ3v) is 8.01. The van der Waals surface area contributed by atoms with Gasteiger partial charge < -0.3 is 24.3 Å². The molecule has 11 nitrogen and oxygen atoms in total. The van der Waals surface area contributed by atoms with Crippen LogP contribution in [-0.2, 0) is 25.5 Å². The number of aromatic nitrogens is 1. The van der Waals surface area contributed by atoms with Crippen LogP contribution < -0.4 is 10.1 Å². The van der Waals surface area contributed by atoms with Crippen molar-refractivity contribution in [1.29, 1.82) is 0 Å². The molecule has 0 radical (unpaired) electrons. The van der Waals surface area contributed by atoms with Crippen LogP contribution in [0.5, 0.6) is 5.75 Å². The summed E-state index contributed by atoms with van der Waals surface area (Å²) >= 11 is 0. The summed E-state index contributed by atoms with van der Waals surface area (Å²) in [6, 6.07) is 13.3. The Balaban J connectivity index is 1.30. The van der Waals surface area contributed by atoms with Gasteiger partial charge in [0, 0.05) is 43.4 Å². The molecule has 1 heterocycles. The molecule has 2 aliphatic rings. The van der Waals surface area contributed by atoms with Gasteiger partial charge in [-0.1, -0.05) is 17.7 Å². The number of nitro groups is 1. The molecule has 0 aliphatic heterocycles. The Kier molecular flexibility index (Phi) is 9.75. The summed E-state index contributed by atoms with van der Waals surface area (Å²) in [6.07, 6.45) is 5.17. The van der Waals surface area contributed by atoms with Crippen LogP contribution in [0.2, 0.25) is 0 Å². The van der Waals surface area contributed by atoms with E-state index in [-0.39, 0.29) is 52.9 Å². The van der Waals surface area contributed by atoms with Crippen LogP contribution >= 0.6 is 0 Å². The van der Waals surface area contributed by atoms with Crippen molar-refractivity contribution in [3.05, 3.63) is 129 Å². The molecule has 0 saturated heterocycles. The molecule has 0 fully saturated rings. The number of carbonyl (C=O) groups is 2. The van der Waals surface area contributed by atoms with Crippen LogP contribution in [0.25, 0.3) is 5.57 Å². The van der Waals surface area contributed by atoms with Crippen LogP contribution in [0, 0.1) is 21.8 Å². The molecule has 0 saturated carbocycles. The highest BCUT2D eigenvalue weighted by Crippen LogP contribution is 2.48. The number of hydrogen-bond donors (Lipinski definition) is 1. The Bertz CT molecular complexity index is 1730. The number of nitrogens with one attached hydrogen (secondary N) is 1. The van der Waals surface area contributed by atoms with E-state index in [0.717, 1.165) is 22.3 Å². The number of benzene rings is 2. The maximum absolute atomic E-state index is 14.4. The van der Waals surface area contributed by atoms with E-state index in [1.807, 2.05) is 19.1 Å². The zero-order chi connectivity index (χ0) is 32.8. The number of rotatable bonds is 11. The summed E-state index contributed by atoms with van der Waals surface area (Å²) in [5, 5.41) is 13.8. The molecule has 1 amide bonds. The van der Waals surface area contributed by atoms with E-state index >= 15 is 0 Å². The summed E-state index contributed by atoms with van der Waals surface area (Å²) in [6.45, 7) is 2.30. The quantitative estimate of drug-likeness (QED) is 0.106. The molecule has 238 valence electrons. The topological polar surface area (TPSA) is 139 Å². The third-order valence-electron chi connectivity index (χ3n) is 8.01. The highest BCUT2D eigenvalue weighted by Gasteiger charge is 2.35. The fourth-order valence-corrected chi connectivity index (χ4v) is 5.77. The van der Waals surface area contributed by atoms with E-state index in [4.69, 9.17) is 18.9 Å². The first kappa shape index (κ1) is 31.9. The van der Waals surface area contributed by atoms with Crippen LogP contribution in [0.1, 0.15) is 48.8 Å². The van der Waals surface area contributed by atoms with Crippen molar-refractivity contribution in [3.63, 3.8) is 0 Å². The zero-order valence-corrected chi connectivity index (χ0v) is 25.4. The van der Waals surface area contributed by atoms with Crippen molar-refractivity contribution in [2.45, 2.75) is 38.6 Å². The van der Waals surface area contributed by atoms with Gasteiger partial charge in [-0.3, -0.25) is 19.9 Å². The number of nitrogens with zero attached hydrogens (tertiary/aromatic N) is 2. The highest BCUT2D eigenvalue weighted by atomic mass is 19.1. The Labute approximate surface area is 264 Å². The van der Waals surface area contributed by atoms with E-state index in [1.165, 1.54) is 50.6 Å². The van der Waals surface area contributed by atoms with Crippen LogP contribution in [0.15, 0.2) is 95.9 Å². The number of carbonyl (C=O) groups excluding carboxylic acids is 2. The average Bonchev–Trinajstić information content (AvgIpc) is 3.29. The highest BCUT2D eigenvalue weighted by molar-refractivity contribution is 5.92. The van der Waals surface area contributed by atoms with Gasteiger partial charge in [0.15, 0.2) is 5.76 Å². The molecule has 46 heavy (non-hydrogen) atoms. The first-order valence-corrected chi connectivity index (χ1v) is 14.5. The van der Waals surface area contributed by atoms with Crippen LogP contribution in [0.3, 0.4) is 0 Å². The largest absolute Gasteiger partial charge is 0.519 e. The predicted molar refractivity (Wildman–Crippen MR) is 164 cm³/mol. The first-order valence-electron chi connectivity index (χ1n) is 14.5. The second-order valence-corrected chi connectivity index (χ2v) is 10.9. The van der Waals surface area contributed by atoms with Gasteiger partial charge in [-0.2, -0.15) is 0 Å². The maximum atomic E-state index is 14.4. The molecule has 1 aromatic heterocycles. The van der Waals surface area contributed by atoms with Crippen molar-refractivity contribution >= 4 is 23.3 Å². The number of pyridine rings is 1. The number of nitro benzene ring substituents is 1. The number of methoxy groups -OCH3 is 2. The van der Waals surface area contributed by atoms with E-state index < -0.39 is 11.1 Å². The molecule has 2 aliphatic carbocycles. The Morgan fingerprint density at radius 3 is 2.54 bits per heavy atom. The number of hydrogen-bond acceptors (Lipinski definition) is 9. The van der Waals surface area contributed by atoms with Gasteiger partial charge in [0.2, 0.25) is 11.7 Å². The van der Waals surface area contributed by atoms with Crippen molar-refractivity contribution in [2.24, 2.45) is 5.92 Å². The minimum atomic E-state index is -1.07. The minimum absolute atomic E-state index is 0.0558. The lowest BCUT2D eigenvalue weighted by molar-refractivity contribution is -0.384. The smallest absolute Gasteiger partial charge is 0.497 e. The Hall–Kier alpha value is -5.52. The van der Waals surface area contributed by atoms with Gasteiger partial charge in [-0.05, 0) is 77.9 Å². The Morgan fingerprint density at radius 1 is 1.09 bits per heavy atom. The number of ether oxygens (including phenoxy) is 4. The summed E-state index contributed by atoms with van der Waals surface area (Å²) in [5.41, 5.74) is 4.13. The monoisotopic (exact) mass is 629 g/mol. The molecule has 1 N–H and O–H groups in total. The van der Waals surface area contributed by atoms with Crippen molar-refractivity contribution < 1.29 is 37.9 Å². The van der Waals surface area contributed by atoms with Gasteiger partial charge in [-0.15, -0.1) is 0 Å². The third kappa shape index (κ3) is 7.23. The van der Waals surface area contributed by atoms with Crippen molar-refractivity contribution in [2.75, 3.05) is 14.2 Å². The number of fused-ring (bicyclic) bond motifs is 1. The normalized spacial score (nSPS) is 17.2. The second-order valence-electron chi connectivity index (χ2n) is 10.9. The fraction of sp³-hybridized carbons (Fsp3) is 0.265. The van der Waals surface area contributed by atoms with E-state index in [1.54, 1.807) is 24.5 Å². The Morgan fingerprint density at radius 2 is 1.87 bits per heavy atom. The van der Waals surface area contributed by atoms with E-state index in [0.29, 0.717) is 30.7 Å². The van der Waals surface area contributed by atoms with Crippen LogP contribution in [0.4, 0.5) is 14.9 Å². The summed E-state index contributed by atoms with van der Waals surface area (Å²) < 4.78 is 36.3. The van der Waals surface area contributed by atoms with E-state index in [9.17, 15) is 24.1 Å². The predicted octanol–water partition coefficient (Wildman–Crippen LogP) is 6.72. The number of halogens is 1. The molecule has 5 rings (SSSR count). The first-order chi connectivity index (χ1) is 22.2. The van der Waals surface area contributed by atoms with Gasteiger partial charge in [0.1, 0.15) is 17.3 Å². The van der Waals surface area contributed by atoms with Gasteiger partial charge in [0.05, 0.1) is 25.6 Å². The average molecular weight is 630 g/mol. The summed E-state index contributed by atoms with van der Waals surface area (Å²) in [5.74, 6) is -0.0516. The molecule has 12 heteroatoms. The van der Waals surface area contributed by atoms with Gasteiger partial charge >= 0.3 is 6.16 Å². The SMILES string of the molecule is COC1=CC(CC2C(C)=C(CC(=O)NCc3cccnc3)c3cc(F)ccc32)CC(OC)=C1OC(=O)Oc1ccc([N+](=O)[O-])cc1. The summed E-state index contributed by atoms with van der Waals surface area (Å²) in [7, 11) is 2.89. The second kappa shape index (κ2) is 14.1. The van der Waals surface area contributed by atoms with Crippen molar-refractivity contribution in [3.8, 4) is 5.75 Å². The number of allylic oxidation sites excluding steroid dienone is 3. The van der Waals surface area contributed by atoms with E-state index in [2.05, 4.69) is 10.3 Å². The molecule has 2 aromatic carbocycles. The molecule has 2 unspecified atom stereocenters. The fourth-order valence-electron chi connectivity index (χ4n) is 5.77. The summed E-state index contributed by atoms with van der Waals surface area (Å²) in [4.78, 5) is 40.0. The molecule has 0 spiro atoms. The lowest BCUT2D eigenvalue weighted by atomic mass is 9.83. The molecule has 3 aromatic rings. The number of non-ortho nitro benzene ring substituents is 1. The molecule has 0 bridgehead atoms. The molecular formula is C34H32FN3O8. The lowest BCUT2D eigenvalue weighted by Gasteiger charge is -2.27. The molecule has 2 atom stereocenters. The van der Waals surface area contributed by atoms with Gasteiger partial charge in [-0.25, -0.2) is 9.18 Å². The zero-order valence-electron chi connectivity index (χ0n) is 25.4. The minimum Gasteiger partial charge on any atom is -0.497 e. The van der Waals surface area contributed by atoms with Crippen LogP contribution in [-0.4, -0.2) is 36.2 Å².